The lowest BCUT2D eigenvalue weighted by molar-refractivity contribution is 0.543. The molecule has 1 N–H and O–H groups in total. The van der Waals surface area contributed by atoms with Crippen molar-refractivity contribution in [3.05, 3.63) is 21.6 Å². The van der Waals surface area contributed by atoms with E-state index in [0.29, 0.717) is 12.2 Å². The van der Waals surface area contributed by atoms with Crippen molar-refractivity contribution in [2.45, 2.75) is 44.9 Å². The molecule has 1 rings (SSSR count). The van der Waals surface area contributed by atoms with Crippen molar-refractivity contribution >= 4 is 29.1 Å². The average molecular weight is 304 g/mol. The fourth-order valence-corrected chi connectivity index (χ4v) is 1.87. The van der Waals surface area contributed by atoms with Gasteiger partial charge in [0.1, 0.15) is 5.02 Å². The molecule has 6 heteroatoms. The van der Waals surface area contributed by atoms with E-state index in [4.69, 9.17) is 11.6 Å². The minimum absolute atomic E-state index is 0.0837. The van der Waals surface area contributed by atoms with Crippen LogP contribution in [0.2, 0.25) is 5.02 Å². The van der Waals surface area contributed by atoms with Gasteiger partial charge in [-0.1, -0.05) is 24.9 Å². The maximum absolute atomic E-state index is 12.0. The van der Waals surface area contributed by atoms with E-state index in [1.54, 1.807) is 18.0 Å². The Hall–Kier alpha value is -0.680. The third kappa shape index (κ3) is 4.73. The molecule has 1 heterocycles. The Morgan fingerprint density at radius 2 is 2.21 bits per heavy atom. The van der Waals surface area contributed by atoms with E-state index in [2.05, 4.69) is 37.4 Å². The predicted molar refractivity (Wildman–Crippen MR) is 84.5 cm³/mol. The quantitative estimate of drug-likeness (QED) is 0.840. The first-order chi connectivity index (χ1) is 8.91. The number of aryl methyl sites for hydroxylation is 1. The van der Waals surface area contributed by atoms with Crippen molar-refractivity contribution in [2.24, 2.45) is 0 Å². The maximum atomic E-state index is 12.0. The number of unbranched alkanes of at least 4 members (excludes halogenated alkanes) is 1. The lowest BCUT2D eigenvalue weighted by atomic mass is 10.2. The summed E-state index contributed by atoms with van der Waals surface area (Å²) in [6, 6.07) is 0. The van der Waals surface area contributed by atoms with Crippen LogP contribution in [0.25, 0.3) is 0 Å². The van der Waals surface area contributed by atoms with Crippen LogP contribution in [-0.2, 0) is 6.54 Å². The number of halogens is 1. The van der Waals surface area contributed by atoms with E-state index in [1.165, 1.54) is 4.68 Å². The predicted octanol–water partition coefficient (Wildman–Crippen LogP) is 3.25. The second-order valence-corrected chi connectivity index (χ2v) is 6.96. The molecule has 1 aromatic rings. The van der Waals surface area contributed by atoms with Crippen LogP contribution in [-0.4, -0.2) is 27.3 Å². The second kappa shape index (κ2) is 7.20. The number of aromatic nitrogens is 2. The molecule has 0 radical (unpaired) electrons. The minimum atomic E-state index is -0.220. The Morgan fingerprint density at radius 1 is 1.53 bits per heavy atom. The summed E-state index contributed by atoms with van der Waals surface area (Å²) in [6.07, 6.45) is 5.64. The molecular weight excluding hydrogens is 282 g/mol. The van der Waals surface area contributed by atoms with Crippen LogP contribution >= 0.6 is 23.4 Å². The van der Waals surface area contributed by atoms with E-state index in [9.17, 15) is 4.79 Å². The number of rotatable bonds is 7. The molecule has 0 atom stereocenters. The summed E-state index contributed by atoms with van der Waals surface area (Å²) in [4.78, 5) is 12.0. The van der Waals surface area contributed by atoms with Crippen LogP contribution in [0.15, 0.2) is 11.0 Å². The van der Waals surface area contributed by atoms with Gasteiger partial charge in [0, 0.05) is 17.8 Å². The van der Waals surface area contributed by atoms with Crippen LogP contribution in [0, 0.1) is 0 Å². The highest BCUT2D eigenvalue weighted by molar-refractivity contribution is 7.99. The van der Waals surface area contributed by atoms with E-state index in [1.807, 2.05) is 0 Å². The van der Waals surface area contributed by atoms with Gasteiger partial charge in [-0.3, -0.25) is 4.79 Å². The molecule has 1 aromatic heterocycles. The van der Waals surface area contributed by atoms with Crippen LogP contribution in [0.4, 0.5) is 5.69 Å². The van der Waals surface area contributed by atoms with E-state index >= 15 is 0 Å². The Kier molecular flexibility index (Phi) is 6.20. The Bertz CT molecular complexity index is 473. The number of nitrogens with one attached hydrogen (secondary N) is 1. The summed E-state index contributed by atoms with van der Waals surface area (Å²) in [7, 11) is 0. The summed E-state index contributed by atoms with van der Waals surface area (Å²) in [5.74, 6) is 0. The van der Waals surface area contributed by atoms with E-state index in [-0.39, 0.29) is 15.3 Å². The molecule has 0 aliphatic carbocycles. The molecule has 0 spiro atoms. The summed E-state index contributed by atoms with van der Waals surface area (Å²) in [5, 5.41) is 7.58. The molecule has 0 aliphatic rings. The Labute approximate surface area is 123 Å². The van der Waals surface area contributed by atoms with Crippen molar-refractivity contribution in [1.29, 1.82) is 0 Å². The lowest BCUT2D eigenvalue weighted by Gasteiger charge is -2.23. The Morgan fingerprint density at radius 3 is 2.79 bits per heavy atom. The van der Waals surface area contributed by atoms with Crippen molar-refractivity contribution in [1.82, 2.24) is 9.78 Å². The maximum Gasteiger partial charge on any atom is 0.287 e. The lowest BCUT2D eigenvalue weighted by Crippen LogP contribution is -2.28. The summed E-state index contributed by atoms with van der Waals surface area (Å²) < 4.78 is 1.51. The fourth-order valence-electron chi connectivity index (χ4n) is 1.44. The highest BCUT2D eigenvalue weighted by Gasteiger charge is 2.17. The molecule has 0 saturated heterocycles. The molecule has 0 aromatic carbocycles. The van der Waals surface area contributed by atoms with Gasteiger partial charge in [-0.2, -0.15) is 16.9 Å². The van der Waals surface area contributed by atoms with Gasteiger partial charge in [0.05, 0.1) is 11.9 Å². The fraction of sp³-hybridized carbons (Fsp3) is 0.692. The molecule has 108 valence electrons. The van der Waals surface area contributed by atoms with Gasteiger partial charge in [-0.25, -0.2) is 4.68 Å². The number of hydrogen-bond acceptors (Lipinski definition) is 4. The van der Waals surface area contributed by atoms with Gasteiger partial charge in [0.15, 0.2) is 0 Å². The second-order valence-electron chi connectivity index (χ2n) is 5.07. The number of hydrogen-bond donors (Lipinski definition) is 1. The standard InChI is InChI=1S/C13H22ClN3OS/c1-5-6-7-17-12(18)11(14)10(8-16-17)15-9-13(2,3)19-4/h8,15H,5-7,9H2,1-4H3. The number of anilines is 1. The third-order valence-electron chi connectivity index (χ3n) is 2.97. The third-order valence-corrected chi connectivity index (χ3v) is 4.58. The van der Waals surface area contributed by atoms with Crippen molar-refractivity contribution in [3.8, 4) is 0 Å². The summed E-state index contributed by atoms with van der Waals surface area (Å²) in [6.45, 7) is 7.69. The summed E-state index contributed by atoms with van der Waals surface area (Å²) >= 11 is 7.87. The zero-order valence-electron chi connectivity index (χ0n) is 12.0. The highest BCUT2D eigenvalue weighted by atomic mass is 35.5. The van der Waals surface area contributed by atoms with Gasteiger partial charge in [-0.05, 0) is 26.5 Å². The normalized spacial score (nSPS) is 11.6. The van der Waals surface area contributed by atoms with Gasteiger partial charge in [0.2, 0.25) is 0 Å². The minimum Gasteiger partial charge on any atom is -0.381 e. The molecule has 0 amide bonds. The first-order valence-corrected chi connectivity index (χ1v) is 8.06. The molecule has 0 fully saturated rings. The van der Waals surface area contributed by atoms with Crippen LogP contribution in [0.3, 0.4) is 0 Å². The molecule has 0 unspecified atom stereocenters. The first-order valence-electron chi connectivity index (χ1n) is 6.46. The Balaban J connectivity index is 2.82. The molecule has 0 aliphatic heterocycles. The number of thioether (sulfide) groups is 1. The van der Waals surface area contributed by atoms with Gasteiger partial charge < -0.3 is 5.32 Å². The van der Waals surface area contributed by atoms with Gasteiger partial charge in [0.25, 0.3) is 5.56 Å². The van der Waals surface area contributed by atoms with Crippen LogP contribution < -0.4 is 10.9 Å². The molecule has 0 saturated carbocycles. The first kappa shape index (κ1) is 16.4. The largest absolute Gasteiger partial charge is 0.381 e. The van der Waals surface area contributed by atoms with Crippen molar-refractivity contribution in [2.75, 3.05) is 18.1 Å². The highest BCUT2D eigenvalue weighted by Crippen LogP contribution is 2.23. The molecule has 19 heavy (non-hydrogen) atoms. The SMILES string of the molecule is CCCCn1ncc(NCC(C)(C)SC)c(Cl)c1=O. The van der Waals surface area contributed by atoms with Crippen LogP contribution in [0.5, 0.6) is 0 Å². The van der Waals surface area contributed by atoms with E-state index < -0.39 is 0 Å². The zero-order chi connectivity index (χ0) is 14.5. The van der Waals surface area contributed by atoms with E-state index in [0.717, 1.165) is 19.4 Å². The van der Waals surface area contributed by atoms with Crippen molar-refractivity contribution in [3.63, 3.8) is 0 Å². The average Bonchev–Trinajstić information content (AvgIpc) is 2.39. The van der Waals surface area contributed by atoms with Crippen LogP contribution in [0.1, 0.15) is 33.6 Å². The molecular formula is C13H22ClN3OS. The zero-order valence-corrected chi connectivity index (χ0v) is 13.6. The van der Waals surface area contributed by atoms with Gasteiger partial charge >= 0.3 is 0 Å². The van der Waals surface area contributed by atoms with Crippen molar-refractivity contribution < 1.29 is 0 Å². The smallest absolute Gasteiger partial charge is 0.287 e. The van der Waals surface area contributed by atoms with Gasteiger partial charge in [-0.15, -0.1) is 0 Å². The topological polar surface area (TPSA) is 46.9 Å². The number of nitrogens with zero attached hydrogens (tertiary/aromatic N) is 2. The molecule has 0 bridgehead atoms. The molecule has 4 nitrogen and oxygen atoms in total. The monoisotopic (exact) mass is 303 g/mol. The summed E-state index contributed by atoms with van der Waals surface area (Å²) in [5.41, 5.74) is 0.392.